The quantitative estimate of drug-likeness (QED) is 0.940. The van der Waals surface area contributed by atoms with Gasteiger partial charge in [0.2, 0.25) is 0 Å². The van der Waals surface area contributed by atoms with Gasteiger partial charge in [0, 0.05) is 42.0 Å². The van der Waals surface area contributed by atoms with E-state index in [2.05, 4.69) is 23.3 Å². The lowest BCUT2D eigenvalue weighted by atomic mass is 9.92. The van der Waals surface area contributed by atoms with E-state index in [1.807, 2.05) is 37.6 Å². The van der Waals surface area contributed by atoms with Gasteiger partial charge in [0.05, 0.1) is 7.11 Å². The molecule has 1 N–H and O–H groups in total. The van der Waals surface area contributed by atoms with Crippen LogP contribution in [0.3, 0.4) is 0 Å². The number of pyridine rings is 1. The van der Waals surface area contributed by atoms with Gasteiger partial charge in [-0.2, -0.15) is 0 Å². The van der Waals surface area contributed by atoms with Crippen molar-refractivity contribution in [1.29, 1.82) is 0 Å². The predicted octanol–water partition coefficient (Wildman–Crippen LogP) is 3.18. The number of fused-ring (bicyclic) bond motifs is 1. The van der Waals surface area contributed by atoms with Gasteiger partial charge < -0.3 is 14.8 Å². The fourth-order valence-corrected chi connectivity index (χ4v) is 2.85. The number of methoxy groups -OCH3 is 1. The molecule has 0 amide bonds. The Labute approximate surface area is 125 Å². The first kappa shape index (κ1) is 13.9. The molecule has 21 heavy (non-hydrogen) atoms. The standard InChI is InChI=1S/C17H20N2O2/c1-11-6-7-19-10-14(11)17-9-15(18-2)13-5-4-12(20-3)8-16(13)21-17/h4-8,10,15,17-18H,9H2,1-3H3. The molecular weight excluding hydrogens is 264 g/mol. The minimum Gasteiger partial charge on any atom is -0.497 e. The lowest BCUT2D eigenvalue weighted by Crippen LogP contribution is -2.27. The van der Waals surface area contributed by atoms with E-state index in [1.54, 1.807) is 7.11 Å². The Bertz CT molecular complexity index is 642. The van der Waals surface area contributed by atoms with Crippen molar-refractivity contribution < 1.29 is 9.47 Å². The smallest absolute Gasteiger partial charge is 0.128 e. The van der Waals surface area contributed by atoms with Crippen LogP contribution in [0, 0.1) is 6.92 Å². The van der Waals surface area contributed by atoms with Crippen molar-refractivity contribution in [2.45, 2.75) is 25.5 Å². The largest absolute Gasteiger partial charge is 0.497 e. The van der Waals surface area contributed by atoms with Crippen LogP contribution in [0.5, 0.6) is 11.5 Å². The molecule has 0 saturated heterocycles. The summed E-state index contributed by atoms with van der Waals surface area (Å²) in [7, 11) is 3.65. The normalized spacial score (nSPS) is 20.5. The third kappa shape index (κ3) is 2.59. The first-order valence-corrected chi connectivity index (χ1v) is 7.15. The first-order chi connectivity index (χ1) is 10.2. The Morgan fingerprint density at radius 1 is 1.29 bits per heavy atom. The SMILES string of the molecule is CNC1CC(c2cnccc2C)Oc2cc(OC)ccc21. The lowest BCUT2D eigenvalue weighted by molar-refractivity contribution is 0.152. The maximum atomic E-state index is 6.21. The molecule has 4 heteroatoms. The van der Waals surface area contributed by atoms with Crippen molar-refractivity contribution in [2.24, 2.45) is 0 Å². The van der Waals surface area contributed by atoms with E-state index >= 15 is 0 Å². The highest BCUT2D eigenvalue weighted by atomic mass is 16.5. The average molecular weight is 284 g/mol. The summed E-state index contributed by atoms with van der Waals surface area (Å²) in [4.78, 5) is 4.24. The average Bonchev–Trinajstić information content (AvgIpc) is 2.53. The summed E-state index contributed by atoms with van der Waals surface area (Å²) in [5.74, 6) is 1.69. The van der Waals surface area contributed by atoms with Gasteiger partial charge in [0.15, 0.2) is 0 Å². The van der Waals surface area contributed by atoms with E-state index in [0.29, 0.717) is 0 Å². The first-order valence-electron chi connectivity index (χ1n) is 7.15. The van der Waals surface area contributed by atoms with Gasteiger partial charge >= 0.3 is 0 Å². The second-order valence-electron chi connectivity index (χ2n) is 5.32. The number of aromatic nitrogens is 1. The van der Waals surface area contributed by atoms with E-state index < -0.39 is 0 Å². The third-order valence-corrected chi connectivity index (χ3v) is 4.09. The molecule has 110 valence electrons. The molecule has 1 aliphatic rings. The number of benzene rings is 1. The van der Waals surface area contributed by atoms with Crippen molar-refractivity contribution in [3.63, 3.8) is 0 Å². The Morgan fingerprint density at radius 2 is 2.14 bits per heavy atom. The minimum absolute atomic E-state index is 0.00996. The van der Waals surface area contributed by atoms with E-state index in [9.17, 15) is 0 Å². The molecular formula is C17H20N2O2. The molecule has 1 aliphatic heterocycles. The summed E-state index contributed by atoms with van der Waals surface area (Å²) in [6.45, 7) is 2.09. The third-order valence-electron chi connectivity index (χ3n) is 4.09. The summed E-state index contributed by atoms with van der Waals surface area (Å²) >= 11 is 0. The molecule has 2 aromatic rings. The van der Waals surface area contributed by atoms with Crippen LogP contribution in [-0.4, -0.2) is 19.1 Å². The Kier molecular flexibility index (Phi) is 3.80. The van der Waals surface area contributed by atoms with Crippen molar-refractivity contribution in [2.75, 3.05) is 14.2 Å². The van der Waals surface area contributed by atoms with Crippen LogP contribution in [0.15, 0.2) is 36.7 Å². The zero-order valence-corrected chi connectivity index (χ0v) is 12.6. The molecule has 4 nitrogen and oxygen atoms in total. The van der Waals surface area contributed by atoms with Gasteiger partial charge in [0.25, 0.3) is 0 Å². The monoisotopic (exact) mass is 284 g/mol. The second kappa shape index (κ2) is 5.74. The molecule has 1 aromatic heterocycles. The molecule has 2 atom stereocenters. The number of hydrogen-bond donors (Lipinski definition) is 1. The van der Waals surface area contributed by atoms with Gasteiger partial charge in [-0.1, -0.05) is 6.07 Å². The van der Waals surface area contributed by atoms with E-state index in [0.717, 1.165) is 23.5 Å². The number of hydrogen-bond acceptors (Lipinski definition) is 4. The van der Waals surface area contributed by atoms with Crippen LogP contribution in [0.25, 0.3) is 0 Å². The van der Waals surface area contributed by atoms with Crippen LogP contribution in [0.4, 0.5) is 0 Å². The molecule has 0 saturated carbocycles. The number of nitrogens with one attached hydrogen (secondary N) is 1. The van der Waals surface area contributed by atoms with Gasteiger partial charge in [-0.25, -0.2) is 0 Å². The maximum Gasteiger partial charge on any atom is 0.128 e. The molecule has 1 aromatic carbocycles. The number of ether oxygens (including phenoxy) is 2. The molecule has 0 radical (unpaired) electrons. The van der Waals surface area contributed by atoms with E-state index in [4.69, 9.17) is 9.47 Å². The molecule has 0 aliphatic carbocycles. The van der Waals surface area contributed by atoms with Gasteiger partial charge in [-0.15, -0.1) is 0 Å². The summed E-state index contributed by atoms with van der Waals surface area (Å²) in [5.41, 5.74) is 3.53. The van der Waals surface area contributed by atoms with Crippen LogP contribution >= 0.6 is 0 Å². The molecule has 0 spiro atoms. The van der Waals surface area contributed by atoms with Crippen LogP contribution in [0.2, 0.25) is 0 Å². The topological polar surface area (TPSA) is 43.4 Å². The van der Waals surface area contributed by atoms with Gasteiger partial charge in [0.1, 0.15) is 17.6 Å². The maximum absolute atomic E-state index is 6.21. The van der Waals surface area contributed by atoms with Gasteiger partial charge in [-0.05, 0) is 31.7 Å². The zero-order chi connectivity index (χ0) is 14.8. The van der Waals surface area contributed by atoms with Crippen LogP contribution in [0.1, 0.15) is 35.3 Å². The molecule has 0 fully saturated rings. The molecule has 3 rings (SSSR count). The summed E-state index contributed by atoms with van der Waals surface area (Å²) < 4.78 is 11.5. The fraction of sp³-hybridized carbons (Fsp3) is 0.353. The number of nitrogens with zero attached hydrogens (tertiary/aromatic N) is 1. The fourth-order valence-electron chi connectivity index (χ4n) is 2.85. The predicted molar refractivity (Wildman–Crippen MR) is 81.8 cm³/mol. The van der Waals surface area contributed by atoms with E-state index in [1.165, 1.54) is 11.1 Å². The molecule has 0 bridgehead atoms. The highest BCUT2D eigenvalue weighted by molar-refractivity contribution is 5.45. The van der Waals surface area contributed by atoms with E-state index in [-0.39, 0.29) is 12.1 Å². The molecule has 2 heterocycles. The number of rotatable bonds is 3. The van der Waals surface area contributed by atoms with Crippen molar-refractivity contribution in [1.82, 2.24) is 10.3 Å². The zero-order valence-electron chi connectivity index (χ0n) is 12.6. The molecule has 2 unspecified atom stereocenters. The lowest BCUT2D eigenvalue weighted by Gasteiger charge is -2.33. The minimum atomic E-state index is 0.00996. The summed E-state index contributed by atoms with van der Waals surface area (Å²) in [6.07, 6.45) is 4.62. The summed E-state index contributed by atoms with van der Waals surface area (Å²) in [6, 6.07) is 8.29. The van der Waals surface area contributed by atoms with Crippen LogP contribution in [-0.2, 0) is 0 Å². The second-order valence-corrected chi connectivity index (χ2v) is 5.32. The van der Waals surface area contributed by atoms with Crippen LogP contribution < -0.4 is 14.8 Å². The Hall–Kier alpha value is -2.07. The number of aryl methyl sites for hydroxylation is 1. The van der Waals surface area contributed by atoms with Crippen molar-refractivity contribution in [3.05, 3.63) is 53.3 Å². The van der Waals surface area contributed by atoms with Gasteiger partial charge in [-0.3, -0.25) is 4.98 Å². The highest BCUT2D eigenvalue weighted by Crippen LogP contribution is 2.42. The Balaban J connectivity index is 1.99. The summed E-state index contributed by atoms with van der Waals surface area (Å²) in [5, 5.41) is 3.38. The van der Waals surface area contributed by atoms with Crippen molar-refractivity contribution >= 4 is 0 Å². The highest BCUT2D eigenvalue weighted by Gasteiger charge is 2.29. The Morgan fingerprint density at radius 3 is 2.86 bits per heavy atom. The van der Waals surface area contributed by atoms with Crippen molar-refractivity contribution in [3.8, 4) is 11.5 Å².